The van der Waals surface area contributed by atoms with Gasteiger partial charge >= 0.3 is 0 Å². The van der Waals surface area contributed by atoms with Crippen molar-refractivity contribution in [3.63, 3.8) is 0 Å². The maximum absolute atomic E-state index is 13.5. The average molecular weight is 390 g/mol. The highest BCUT2D eigenvalue weighted by molar-refractivity contribution is 7.89. The molecule has 0 aliphatic heterocycles. The minimum Gasteiger partial charge on any atom is -0.352 e. The van der Waals surface area contributed by atoms with Crippen LogP contribution in [-0.2, 0) is 21.2 Å². The van der Waals surface area contributed by atoms with E-state index in [-0.39, 0.29) is 22.7 Å². The van der Waals surface area contributed by atoms with Gasteiger partial charge in [0.15, 0.2) is 0 Å². The quantitative estimate of drug-likeness (QED) is 0.681. The van der Waals surface area contributed by atoms with Crippen molar-refractivity contribution in [2.75, 3.05) is 6.54 Å². The van der Waals surface area contributed by atoms with Gasteiger partial charge in [0, 0.05) is 18.7 Å². The van der Waals surface area contributed by atoms with Crippen LogP contribution in [0.1, 0.15) is 25.0 Å². The van der Waals surface area contributed by atoms with Crippen molar-refractivity contribution in [3.05, 3.63) is 71.6 Å². The minimum absolute atomic E-state index is 0.169. The largest absolute Gasteiger partial charge is 0.352 e. The van der Waals surface area contributed by atoms with Gasteiger partial charge in [0.25, 0.3) is 0 Å². The van der Waals surface area contributed by atoms with Crippen molar-refractivity contribution in [2.24, 2.45) is 0 Å². The van der Waals surface area contributed by atoms with Crippen LogP contribution in [0.2, 0.25) is 0 Å². The molecular formula is C20H23FN2O3S. The Bertz CT molecular complexity index is 907. The monoisotopic (exact) mass is 390 g/mol. The molecule has 1 amide bonds. The molecule has 5 nitrogen and oxygen atoms in total. The number of hydrogen-bond donors (Lipinski definition) is 2. The molecule has 2 aromatic rings. The predicted molar refractivity (Wildman–Crippen MR) is 104 cm³/mol. The normalized spacial score (nSPS) is 11.9. The molecule has 27 heavy (non-hydrogen) atoms. The van der Waals surface area contributed by atoms with Crippen LogP contribution in [0.15, 0.2) is 59.5 Å². The summed E-state index contributed by atoms with van der Waals surface area (Å²) < 4.78 is 40.1. The van der Waals surface area contributed by atoms with Gasteiger partial charge in [-0.15, -0.1) is 0 Å². The maximum atomic E-state index is 13.5. The Balaban J connectivity index is 1.88. The Morgan fingerprint density at radius 2 is 1.78 bits per heavy atom. The number of rotatable bonds is 8. The van der Waals surface area contributed by atoms with Gasteiger partial charge in [-0.05, 0) is 55.7 Å². The summed E-state index contributed by atoms with van der Waals surface area (Å²) in [6, 6.07) is 12.5. The number of benzene rings is 2. The first-order chi connectivity index (χ1) is 12.8. The van der Waals surface area contributed by atoms with Crippen LogP contribution in [0.3, 0.4) is 0 Å². The molecule has 0 saturated carbocycles. The van der Waals surface area contributed by atoms with Crippen LogP contribution in [0.25, 0.3) is 6.08 Å². The number of nitrogens with one attached hydrogen (secondary N) is 2. The van der Waals surface area contributed by atoms with E-state index in [9.17, 15) is 17.6 Å². The van der Waals surface area contributed by atoms with Crippen molar-refractivity contribution in [1.82, 2.24) is 10.0 Å². The lowest BCUT2D eigenvalue weighted by Crippen LogP contribution is -2.30. The van der Waals surface area contributed by atoms with Crippen molar-refractivity contribution in [3.8, 4) is 0 Å². The van der Waals surface area contributed by atoms with Crippen LogP contribution in [0, 0.1) is 5.82 Å². The minimum atomic E-state index is -3.53. The lowest BCUT2D eigenvalue weighted by Gasteiger charge is -2.09. The van der Waals surface area contributed by atoms with E-state index in [0.717, 1.165) is 0 Å². The van der Waals surface area contributed by atoms with Crippen LogP contribution >= 0.6 is 0 Å². The molecule has 0 spiro atoms. The molecule has 0 fully saturated rings. The number of sulfonamides is 1. The molecule has 0 bridgehead atoms. The van der Waals surface area contributed by atoms with Gasteiger partial charge in [-0.1, -0.05) is 30.3 Å². The maximum Gasteiger partial charge on any atom is 0.244 e. The lowest BCUT2D eigenvalue weighted by molar-refractivity contribution is -0.116. The molecule has 0 atom stereocenters. The Labute approximate surface area is 159 Å². The van der Waals surface area contributed by atoms with Crippen LogP contribution in [0.4, 0.5) is 4.39 Å². The van der Waals surface area contributed by atoms with Crippen LogP contribution in [0.5, 0.6) is 0 Å². The number of carbonyl (C=O) groups is 1. The number of halogens is 1. The summed E-state index contributed by atoms with van der Waals surface area (Å²) >= 11 is 0. The summed E-state index contributed by atoms with van der Waals surface area (Å²) in [5.41, 5.74) is 1.25. The zero-order valence-electron chi connectivity index (χ0n) is 15.3. The average Bonchev–Trinajstić information content (AvgIpc) is 2.61. The first-order valence-corrected chi connectivity index (χ1v) is 10.1. The van der Waals surface area contributed by atoms with Crippen molar-refractivity contribution < 1.29 is 17.6 Å². The Hall–Kier alpha value is -2.51. The van der Waals surface area contributed by atoms with E-state index in [1.54, 1.807) is 50.3 Å². The zero-order chi connectivity index (χ0) is 19.9. The summed E-state index contributed by atoms with van der Waals surface area (Å²) in [4.78, 5) is 12.0. The standard InChI is InChI=1S/C20H23FN2O3S/c1-15(2)23-27(25,26)18-10-7-16(8-11-18)9-12-20(24)22-14-13-17-5-3-4-6-19(17)21/h3-12,15,23H,13-14H2,1-2H3,(H,22,24)/b12-9+. The fraction of sp³-hybridized carbons (Fsp3) is 0.250. The summed E-state index contributed by atoms with van der Waals surface area (Å²) in [6.07, 6.45) is 3.35. The lowest BCUT2D eigenvalue weighted by atomic mass is 10.1. The molecule has 0 aromatic heterocycles. The molecule has 0 unspecified atom stereocenters. The third-order valence-corrected chi connectivity index (χ3v) is 5.33. The van der Waals surface area contributed by atoms with Crippen LogP contribution in [-0.4, -0.2) is 26.9 Å². The van der Waals surface area contributed by atoms with E-state index in [4.69, 9.17) is 0 Å². The van der Waals surface area contributed by atoms with E-state index >= 15 is 0 Å². The molecule has 2 aromatic carbocycles. The fourth-order valence-electron chi connectivity index (χ4n) is 2.39. The zero-order valence-corrected chi connectivity index (χ0v) is 16.1. The second kappa shape index (κ2) is 9.43. The van der Waals surface area contributed by atoms with Gasteiger partial charge in [0.05, 0.1) is 4.90 Å². The van der Waals surface area contributed by atoms with E-state index in [2.05, 4.69) is 10.0 Å². The predicted octanol–water partition coefficient (Wildman–Crippen LogP) is 2.88. The molecule has 2 rings (SSSR count). The van der Waals surface area contributed by atoms with Gasteiger partial charge in [-0.2, -0.15) is 0 Å². The summed E-state index contributed by atoms with van der Waals surface area (Å²) in [7, 11) is -3.53. The van der Waals surface area contributed by atoms with Gasteiger partial charge in [0.1, 0.15) is 5.82 Å². The van der Waals surface area contributed by atoms with Crippen molar-refractivity contribution in [1.29, 1.82) is 0 Å². The Morgan fingerprint density at radius 1 is 1.11 bits per heavy atom. The topological polar surface area (TPSA) is 75.3 Å². The molecule has 7 heteroatoms. The summed E-state index contributed by atoms with van der Waals surface area (Å²) in [6.45, 7) is 3.82. The Morgan fingerprint density at radius 3 is 2.41 bits per heavy atom. The SMILES string of the molecule is CC(C)NS(=O)(=O)c1ccc(/C=C/C(=O)NCCc2ccccc2F)cc1. The molecule has 0 aliphatic carbocycles. The van der Waals surface area contributed by atoms with Gasteiger partial charge < -0.3 is 5.32 Å². The van der Waals surface area contributed by atoms with E-state index in [1.807, 2.05) is 0 Å². The smallest absolute Gasteiger partial charge is 0.244 e. The Kier molecular flexibility index (Phi) is 7.27. The highest BCUT2D eigenvalue weighted by Gasteiger charge is 2.14. The first-order valence-electron chi connectivity index (χ1n) is 8.59. The van der Waals surface area contributed by atoms with Gasteiger partial charge in [0.2, 0.25) is 15.9 Å². The van der Waals surface area contributed by atoms with Crippen LogP contribution < -0.4 is 10.0 Å². The highest BCUT2D eigenvalue weighted by Crippen LogP contribution is 2.12. The third-order valence-electron chi connectivity index (χ3n) is 3.66. The second-order valence-electron chi connectivity index (χ2n) is 6.31. The molecule has 0 saturated heterocycles. The summed E-state index contributed by atoms with van der Waals surface area (Å²) in [5.74, 6) is -0.589. The van der Waals surface area contributed by atoms with Gasteiger partial charge in [-0.25, -0.2) is 17.5 Å². The molecule has 144 valence electrons. The molecule has 0 heterocycles. The molecule has 0 radical (unpaired) electrons. The second-order valence-corrected chi connectivity index (χ2v) is 8.02. The van der Waals surface area contributed by atoms with Crippen molar-refractivity contribution >= 4 is 22.0 Å². The van der Waals surface area contributed by atoms with Crippen molar-refractivity contribution in [2.45, 2.75) is 31.2 Å². The fourth-order valence-corrected chi connectivity index (χ4v) is 3.64. The summed E-state index contributed by atoms with van der Waals surface area (Å²) in [5, 5.41) is 2.69. The highest BCUT2D eigenvalue weighted by atomic mass is 32.2. The van der Waals surface area contributed by atoms with E-state index in [1.165, 1.54) is 24.3 Å². The molecular weight excluding hydrogens is 367 g/mol. The van der Waals surface area contributed by atoms with E-state index < -0.39 is 10.0 Å². The van der Waals surface area contributed by atoms with Gasteiger partial charge in [-0.3, -0.25) is 4.79 Å². The molecule has 2 N–H and O–H groups in total. The first kappa shape index (κ1) is 20.8. The number of carbonyl (C=O) groups excluding carboxylic acids is 1. The number of amides is 1. The third kappa shape index (κ3) is 6.62. The molecule has 0 aliphatic rings. The number of hydrogen-bond acceptors (Lipinski definition) is 3. The van der Waals surface area contributed by atoms with E-state index in [0.29, 0.717) is 24.1 Å².